The van der Waals surface area contributed by atoms with Gasteiger partial charge in [-0.3, -0.25) is 4.79 Å². The summed E-state index contributed by atoms with van der Waals surface area (Å²) in [6.07, 6.45) is 1.36. The maximum Gasteiger partial charge on any atom is 0.257 e. The summed E-state index contributed by atoms with van der Waals surface area (Å²) in [5.41, 5.74) is 0.0239. The highest BCUT2D eigenvalue weighted by molar-refractivity contribution is 9.10. The molecule has 1 amide bonds. The molecule has 0 saturated heterocycles. The monoisotopic (exact) mass is 355 g/mol. The predicted octanol–water partition coefficient (Wildman–Crippen LogP) is 3.81. The number of halogens is 3. The van der Waals surface area contributed by atoms with Gasteiger partial charge in [0.25, 0.3) is 5.91 Å². The molecule has 2 rings (SSSR count). The summed E-state index contributed by atoms with van der Waals surface area (Å²) in [5.74, 6) is -1.32. The Bertz CT molecular complexity index is 662. The Balaban J connectivity index is 2.16. The van der Waals surface area contributed by atoms with E-state index in [1.54, 1.807) is 12.1 Å². The van der Waals surface area contributed by atoms with E-state index in [-0.39, 0.29) is 15.7 Å². The fourth-order valence-electron chi connectivity index (χ4n) is 1.63. The van der Waals surface area contributed by atoms with Crippen molar-refractivity contribution in [3.63, 3.8) is 0 Å². The average molecular weight is 356 g/mol. The Morgan fingerprint density at radius 3 is 2.67 bits per heavy atom. The van der Waals surface area contributed by atoms with Crippen molar-refractivity contribution >= 4 is 33.3 Å². The van der Waals surface area contributed by atoms with Gasteiger partial charge in [0.05, 0.1) is 15.7 Å². The normalized spacial score (nSPS) is 10.3. The van der Waals surface area contributed by atoms with Gasteiger partial charge in [0.2, 0.25) is 0 Å². The van der Waals surface area contributed by atoms with Crippen LogP contribution in [0.2, 0.25) is 0 Å². The first-order valence-electron chi connectivity index (χ1n) is 6.17. The Morgan fingerprint density at radius 1 is 1.29 bits per heavy atom. The van der Waals surface area contributed by atoms with Gasteiger partial charge in [0.1, 0.15) is 17.5 Å². The first kappa shape index (κ1) is 15.4. The number of amides is 1. The highest BCUT2D eigenvalue weighted by atomic mass is 79.9. The molecule has 0 aliphatic heterocycles. The maximum absolute atomic E-state index is 13.6. The van der Waals surface area contributed by atoms with Crippen molar-refractivity contribution in [3.8, 4) is 0 Å². The lowest BCUT2D eigenvalue weighted by Gasteiger charge is -2.08. The molecular weight excluding hydrogens is 344 g/mol. The molecule has 0 aliphatic rings. The van der Waals surface area contributed by atoms with Crippen LogP contribution in [-0.2, 0) is 0 Å². The molecular formula is C14H12BrF2N3O. The zero-order valence-corrected chi connectivity index (χ0v) is 12.7. The second-order valence-electron chi connectivity index (χ2n) is 4.16. The molecule has 110 valence electrons. The van der Waals surface area contributed by atoms with E-state index in [0.29, 0.717) is 12.4 Å². The molecule has 0 unspecified atom stereocenters. The number of nitrogens with one attached hydrogen (secondary N) is 2. The van der Waals surface area contributed by atoms with Gasteiger partial charge in [-0.15, -0.1) is 0 Å². The highest BCUT2D eigenvalue weighted by Gasteiger charge is 2.12. The fraction of sp³-hybridized carbons (Fsp3) is 0.143. The van der Waals surface area contributed by atoms with Crippen molar-refractivity contribution in [2.45, 2.75) is 6.92 Å². The van der Waals surface area contributed by atoms with Gasteiger partial charge >= 0.3 is 0 Å². The minimum absolute atomic E-state index is 0.00495. The quantitative estimate of drug-likeness (QED) is 0.820. The summed E-state index contributed by atoms with van der Waals surface area (Å²) >= 11 is 2.87. The van der Waals surface area contributed by atoms with Gasteiger partial charge in [-0.1, -0.05) is 0 Å². The third-order valence-electron chi connectivity index (χ3n) is 2.64. The van der Waals surface area contributed by atoms with Crippen LogP contribution in [0.4, 0.5) is 20.3 Å². The Labute approximate surface area is 128 Å². The second kappa shape index (κ2) is 6.62. The molecule has 1 aromatic heterocycles. The third-order valence-corrected chi connectivity index (χ3v) is 3.25. The van der Waals surface area contributed by atoms with Crippen molar-refractivity contribution in [1.29, 1.82) is 0 Å². The van der Waals surface area contributed by atoms with Gasteiger partial charge in [0.15, 0.2) is 0 Å². The highest BCUT2D eigenvalue weighted by Crippen LogP contribution is 2.23. The van der Waals surface area contributed by atoms with E-state index in [2.05, 4.69) is 31.5 Å². The predicted molar refractivity (Wildman–Crippen MR) is 80.4 cm³/mol. The molecule has 0 spiro atoms. The van der Waals surface area contributed by atoms with Gasteiger partial charge in [-0.2, -0.15) is 0 Å². The molecule has 0 aliphatic carbocycles. The summed E-state index contributed by atoms with van der Waals surface area (Å²) < 4.78 is 27.0. The lowest BCUT2D eigenvalue weighted by atomic mass is 10.2. The fourth-order valence-corrected chi connectivity index (χ4v) is 1.94. The van der Waals surface area contributed by atoms with E-state index in [4.69, 9.17) is 0 Å². The zero-order valence-electron chi connectivity index (χ0n) is 11.1. The molecule has 2 N–H and O–H groups in total. The number of hydrogen-bond donors (Lipinski definition) is 2. The first-order chi connectivity index (χ1) is 10.0. The minimum Gasteiger partial charge on any atom is -0.370 e. The van der Waals surface area contributed by atoms with E-state index >= 15 is 0 Å². The molecule has 1 aromatic carbocycles. The minimum atomic E-state index is -0.728. The van der Waals surface area contributed by atoms with Crippen LogP contribution in [0.3, 0.4) is 0 Å². The van der Waals surface area contributed by atoms with Crippen molar-refractivity contribution in [3.05, 3.63) is 52.1 Å². The van der Waals surface area contributed by atoms with E-state index in [9.17, 15) is 13.6 Å². The number of pyridine rings is 1. The number of aromatic nitrogens is 1. The maximum atomic E-state index is 13.6. The lowest BCUT2D eigenvalue weighted by molar-refractivity contribution is 0.102. The summed E-state index contributed by atoms with van der Waals surface area (Å²) in [5, 5.41) is 5.30. The van der Waals surface area contributed by atoms with Crippen LogP contribution in [-0.4, -0.2) is 17.4 Å². The number of hydrogen-bond acceptors (Lipinski definition) is 3. The number of benzene rings is 1. The molecule has 1 heterocycles. The molecule has 0 radical (unpaired) electrons. The van der Waals surface area contributed by atoms with Crippen LogP contribution >= 0.6 is 15.9 Å². The number of nitrogens with zero attached hydrogens (tertiary/aromatic N) is 1. The topological polar surface area (TPSA) is 54.0 Å². The Hall–Kier alpha value is -2.02. The van der Waals surface area contributed by atoms with Crippen LogP contribution in [0, 0.1) is 11.6 Å². The van der Waals surface area contributed by atoms with Crippen molar-refractivity contribution in [2.75, 3.05) is 17.2 Å². The van der Waals surface area contributed by atoms with Gasteiger partial charge < -0.3 is 10.6 Å². The van der Waals surface area contributed by atoms with Crippen LogP contribution in [0.15, 0.2) is 34.9 Å². The molecule has 2 aromatic rings. The van der Waals surface area contributed by atoms with E-state index < -0.39 is 17.5 Å². The Morgan fingerprint density at radius 2 is 2.05 bits per heavy atom. The van der Waals surface area contributed by atoms with Gasteiger partial charge in [-0.05, 0) is 41.1 Å². The SMILES string of the molecule is CCNc1ccc(C(=O)Nc2cc(F)c(Br)cc2F)cn1. The molecule has 0 bridgehead atoms. The van der Waals surface area contributed by atoms with Crippen LogP contribution in [0.1, 0.15) is 17.3 Å². The summed E-state index contributed by atoms with van der Waals surface area (Å²) in [6.45, 7) is 2.63. The molecule has 4 nitrogen and oxygen atoms in total. The van der Waals surface area contributed by atoms with Crippen molar-refractivity contribution in [2.24, 2.45) is 0 Å². The number of rotatable bonds is 4. The van der Waals surface area contributed by atoms with E-state index in [0.717, 1.165) is 12.1 Å². The van der Waals surface area contributed by atoms with Crippen LogP contribution in [0.25, 0.3) is 0 Å². The van der Waals surface area contributed by atoms with E-state index in [1.165, 1.54) is 6.20 Å². The molecule has 0 atom stereocenters. The zero-order chi connectivity index (χ0) is 15.4. The second-order valence-corrected chi connectivity index (χ2v) is 5.02. The first-order valence-corrected chi connectivity index (χ1v) is 6.96. The average Bonchev–Trinajstić information content (AvgIpc) is 2.46. The van der Waals surface area contributed by atoms with E-state index in [1.807, 2.05) is 6.92 Å². The van der Waals surface area contributed by atoms with Gasteiger partial charge in [-0.25, -0.2) is 13.8 Å². The smallest absolute Gasteiger partial charge is 0.257 e. The van der Waals surface area contributed by atoms with Crippen LogP contribution < -0.4 is 10.6 Å². The summed E-state index contributed by atoms with van der Waals surface area (Å²) in [4.78, 5) is 16.0. The largest absolute Gasteiger partial charge is 0.370 e. The number of carbonyl (C=O) groups is 1. The Kier molecular flexibility index (Phi) is 4.85. The summed E-state index contributed by atoms with van der Waals surface area (Å²) in [7, 11) is 0. The number of anilines is 2. The molecule has 0 fully saturated rings. The molecule has 0 saturated carbocycles. The standard InChI is InChI=1S/C14H12BrF2N3O/c1-2-18-13-4-3-8(7-19-13)14(21)20-12-6-10(16)9(15)5-11(12)17/h3-7H,2H2,1H3,(H,18,19)(H,20,21). The molecule has 7 heteroatoms. The summed E-state index contributed by atoms with van der Waals surface area (Å²) in [6, 6.07) is 5.06. The van der Waals surface area contributed by atoms with Crippen molar-refractivity contribution < 1.29 is 13.6 Å². The molecule has 21 heavy (non-hydrogen) atoms. The van der Waals surface area contributed by atoms with Crippen LogP contribution in [0.5, 0.6) is 0 Å². The number of carbonyl (C=O) groups excluding carboxylic acids is 1. The lowest BCUT2D eigenvalue weighted by Crippen LogP contribution is -2.14. The third kappa shape index (κ3) is 3.75. The van der Waals surface area contributed by atoms with Gasteiger partial charge in [0, 0.05) is 18.8 Å². The van der Waals surface area contributed by atoms with Crippen molar-refractivity contribution in [1.82, 2.24) is 4.98 Å².